The molecule has 5 nitrogen and oxygen atoms in total. The molecule has 1 heterocycles. The highest BCUT2D eigenvalue weighted by Gasteiger charge is 2.39. The molecule has 0 radical (unpaired) electrons. The summed E-state index contributed by atoms with van der Waals surface area (Å²) in [5, 5.41) is 1.78. The van der Waals surface area contributed by atoms with Gasteiger partial charge < -0.3 is 5.32 Å². The molecule has 1 aromatic heterocycles. The number of hydrogen-bond acceptors (Lipinski definition) is 4. The van der Waals surface area contributed by atoms with Crippen molar-refractivity contribution in [1.29, 1.82) is 0 Å². The Morgan fingerprint density at radius 3 is 2.36 bits per heavy atom. The zero-order valence-electron chi connectivity index (χ0n) is 12.4. The topological polar surface area (TPSA) is 76.1 Å². The number of pyridine rings is 1. The molecule has 0 aliphatic heterocycles. The molecule has 1 N–H and O–H groups in total. The number of hydrogen-bond donors (Lipinski definition) is 1. The van der Waals surface area contributed by atoms with Crippen LogP contribution in [-0.4, -0.2) is 28.6 Å². The molecular formula is C17H9F3N2O3. The van der Waals surface area contributed by atoms with Gasteiger partial charge in [-0.05, 0) is 29.8 Å². The SMILES string of the molecule is O=C1C=CC(=O)c2c(-c3ccccc3NC(=O)C(F)(F)F)ccnc21. The Kier molecular flexibility index (Phi) is 3.96. The number of allylic oxidation sites excluding steroid dienone is 2. The van der Waals surface area contributed by atoms with Crippen molar-refractivity contribution in [2.24, 2.45) is 0 Å². The van der Waals surface area contributed by atoms with Crippen molar-refractivity contribution in [3.05, 3.63) is 59.9 Å². The lowest BCUT2D eigenvalue weighted by atomic mass is 9.91. The second-order valence-corrected chi connectivity index (χ2v) is 5.14. The number of alkyl halides is 3. The third-order valence-corrected chi connectivity index (χ3v) is 3.54. The van der Waals surface area contributed by atoms with Crippen molar-refractivity contribution in [2.75, 3.05) is 5.32 Å². The van der Waals surface area contributed by atoms with Gasteiger partial charge in [0.1, 0.15) is 5.69 Å². The van der Waals surface area contributed by atoms with E-state index >= 15 is 0 Å². The number of carbonyl (C=O) groups is 3. The Labute approximate surface area is 139 Å². The normalized spacial score (nSPS) is 13.6. The maximum atomic E-state index is 12.5. The quantitative estimate of drug-likeness (QED) is 0.906. The van der Waals surface area contributed by atoms with E-state index in [9.17, 15) is 27.6 Å². The number of amides is 1. The molecule has 0 spiro atoms. The third-order valence-electron chi connectivity index (χ3n) is 3.54. The second kappa shape index (κ2) is 5.97. The van der Waals surface area contributed by atoms with Gasteiger partial charge in [0.2, 0.25) is 5.78 Å². The minimum atomic E-state index is -5.06. The molecule has 0 saturated heterocycles. The molecule has 0 atom stereocenters. The second-order valence-electron chi connectivity index (χ2n) is 5.14. The van der Waals surface area contributed by atoms with Crippen LogP contribution >= 0.6 is 0 Å². The molecule has 1 aliphatic rings. The number of benzene rings is 1. The van der Waals surface area contributed by atoms with Crippen molar-refractivity contribution >= 4 is 23.2 Å². The highest BCUT2D eigenvalue weighted by Crippen LogP contribution is 2.34. The van der Waals surface area contributed by atoms with Gasteiger partial charge in [-0.15, -0.1) is 0 Å². The number of rotatable bonds is 2. The first-order valence-electron chi connectivity index (χ1n) is 7.02. The molecule has 1 aliphatic carbocycles. The number of halogens is 3. The largest absolute Gasteiger partial charge is 0.471 e. The van der Waals surface area contributed by atoms with Crippen LogP contribution in [0.25, 0.3) is 11.1 Å². The predicted molar refractivity (Wildman–Crippen MR) is 82.2 cm³/mol. The predicted octanol–water partition coefficient (Wildman–Crippen LogP) is 3.18. The maximum absolute atomic E-state index is 12.5. The summed E-state index contributed by atoms with van der Waals surface area (Å²) in [5.74, 6) is -3.10. The number of anilines is 1. The Morgan fingerprint density at radius 1 is 0.960 bits per heavy atom. The molecule has 1 aromatic carbocycles. The fourth-order valence-corrected chi connectivity index (χ4v) is 2.46. The molecular weight excluding hydrogens is 337 g/mol. The summed E-state index contributed by atoms with van der Waals surface area (Å²) in [6.45, 7) is 0. The van der Waals surface area contributed by atoms with Crippen molar-refractivity contribution < 1.29 is 27.6 Å². The first kappa shape index (κ1) is 16.6. The van der Waals surface area contributed by atoms with Crippen LogP contribution < -0.4 is 5.32 Å². The summed E-state index contributed by atoms with van der Waals surface area (Å²) < 4.78 is 37.6. The first-order chi connectivity index (χ1) is 11.8. The highest BCUT2D eigenvalue weighted by atomic mass is 19.4. The Balaban J connectivity index is 2.14. The molecule has 25 heavy (non-hydrogen) atoms. The smallest absolute Gasteiger partial charge is 0.318 e. The zero-order chi connectivity index (χ0) is 18.2. The van der Waals surface area contributed by atoms with Crippen LogP contribution in [0.4, 0.5) is 18.9 Å². The van der Waals surface area contributed by atoms with Crippen LogP contribution in [0.1, 0.15) is 20.8 Å². The van der Waals surface area contributed by atoms with E-state index in [0.29, 0.717) is 0 Å². The fraction of sp³-hybridized carbons (Fsp3) is 0.0588. The van der Waals surface area contributed by atoms with Gasteiger partial charge in [0.15, 0.2) is 5.78 Å². The van der Waals surface area contributed by atoms with E-state index in [1.165, 1.54) is 36.5 Å². The van der Waals surface area contributed by atoms with Gasteiger partial charge in [-0.2, -0.15) is 13.2 Å². The molecule has 8 heteroatoms. The summed E-state index contributed by atoms with van der Waals surface area (Å²) >= 11 is 0. The van der Waals surface area contributed by atoms with Crippen LogP contribution in [-0.2, 0) is 4.79 Å². The van der Waals surface area contributed by atoms with Gasteiger partial charge in [-0.1, -0.05) is 18.2 Å². The number of fused-ring (bicyclic) bond motifs is 1. The molecule has 0 unspecified atom stereocenters. The van der Waals surface area contributed by atoms with Crippen molar-refractivity contribution in [2.45, 2.75) is 6.18 Å². The Hall–Kier alpha value is -3.29. The van der Waals surface area contributed by atoms with E-state index in [0.717, 1.165) is 12.2 Å². The van der Waals surface area contributed by atoms with Crippen molar-refractivity contribution in [3.63, 3.8) is 0 Å². The van der Waals surface area contributed by atoms with Crippen LogP contribution in [0.5, 0.6) is 0 Å². The van der Waals surface area contributed by atoms with E-state index in [1.54, 1.807) is 5.32 Å². The zero-order valence-corrected chi connectivity index (χ0v) is 12.4. The molecule has 2 aromatic rings. The fourth-order valence-electron chi connectivity index (χ4n) is 2.46. The average molecular weight is 346 g/mol. The molecule has 0 fully saturated rings. The number of para-hydroxylation sites is 1. The number of aromatic nitrogens is 1. The van der Waals surface area contributed by atoms with Crippen LogP contribution in [0.2, 0.25) is 0 Å². The monoisotopic (exact) mass is 346 g/mol. The Morgan fingerprint density at radius 2 is 1.64 bits per heavy atom. The summed E-state index contributed by atoms with van der Waals surface area (Å²) in [4.78, 5) is 39.2. The molecule has 3 rings (SSSR count). The average Bonchev–Trinajstić information content (AvgIpc) is 2.57. The summed E-state index contributed by atoms with van der Waals surface area (Å²) in [6, 6.07) is 7.10. The third kappa shape index (κ3) is 3.06. The lowest BCUT2D eigenvalue weighted by Crippen LogP contribution is -2.30. The molecule has 126 valence electrons. The minimum Gasteiger partial charge on any atom is -0.318 e. The number of nitrogens with zero attached hydrogens (tertiary/aromatic N) is 1. The van der Waals surface area contributed by atoms with Gasteiger partial charge in [0, 0.05) is 17.4 Å². The van der Waals surface area contributed by atoms with Gasteiger partial charge in [0.25, 0.3) is 0 Å². The molecule has 1 amide bonds. The summed E-state index contributed by atoms with van der Waals surface area (Å²) in [7, 11) is 0. The van der Waals surface area contributed by atoms with Crippen LogP contribution in [0.15, 0.2) is 48.7 Å². The van der Waals surface area contributed by atoms with Gasteiger partial charge in [0.05, 0.1) is 5.56 Å². The van der Waals surface area contributed by atoms with E-state index in [2.05, 4.69) is 4.98 Å². The first-order valence-corrected chi connectivity index (χ1v) is 7.02. The van der Waals surface area contributed by atoms with E-state index in [1.807, 2.05) is 0 Å². The van der Waals surface area contributed by atoms with Crippen LogP contribution in [0.3, 0.4) is 0 Å². The van der Waals surface area contributed by atoms with Gasteiger partial charge >= 0.3 is 12.1 Å². The number of ketones is 2. The van der Waals surface area contributed by atoms with E-state index < -0.39 is 23.6 Å². The standard InChI is InChI=1S/C17H9F3N2O3/c18-17(19,20)16(25)22-11-4-2-1-3-9(11)10-7-8-21-15-13(24)6-5-12(23)14(10)15/h1-8H,(H,22,25). The van der Waals surface area contributed by atoms with Gasteiger partial charge in [-0.3, -0.25) is 19.4 Å². The minimum absolute atomic E-state index is 0.0105. The lowest BCUT2D eigenvalue weighted by molar-refractivity contribution is -0.167. The number of carbonyl (C=O) groups excluding carboxylic acids is 3. The highest BCUT2D eigenvalue weighted by molar-refractivity contribution is 6.24. The van der Waals surface area contributed by atoms with E-state index in [-0.39, 0.29) is 28.1 Å². The van der Waals surface area contributed by atoms with E-state index in [4.69, 9.17) is 0 Å². The van der Waals surface area contributed by atoms with Crippen molar-refractivity contribution in [3.8, 4) is 11.1 Å². The maximum Gasteiger partial charge on any atom is 0.471 e. The number of nitrogens with one attached hydrogen (secondary N) is 1. The summed E-state index contributed by atoms with van der Waals surface area (Å²) in [6.07, 6.45) is -1.62. The molecule has 0 bridgehead atoms. The van der Waals surface area contributed by atoms with Crippen molar-refractivity contribution in [1.82, 2.24) is 4.98 Å². The summed E-state index contributed by atoms with van der Waals surface area (Å²) in [5.41, 5.74) is 0.166. The Bertz CT molecular complexity index is 933. The lowest BCUT2D eigenvalue weighted by Gasteiger charge is -2.17. The van der Waals surface area contributed by atoms with Crippen LogP contribution in [0, 0.1) is 0 Å². The van der Waals surface area contributed by atoms with Gasteiger partial charge in [-0.25, -0.2) is 0 Å². The molecule has 0 saturated carbocycles.